The molecule has 3 fully saturated rings. The standard InChI is InChI=1S/C28H44O2/c1-18(2)19(3)9-10-20(4)25-13-14-26-22(8-7-15-28(25,26)6)11-12-23-16-24(29)17-27(30)21(23)5/h9-12,18-20,24-27,29-30H,5,7-8,13-17H2,1-4,6H3/b10-9+,22-11+,23-12-/t19-,20-,24-,25-,26+,27+,28-/m1/s1/i3D3. The van der Waals surface area contributed by atoms with E-state index >= 15 is 0 Å². The van der Waals surface area contributed by atoms with Crippen LogP contribution in [0.5, 0.6) is 0 Å². The van der Waals surface area contributed by atoms with Gasteiger partial charge in [0.1, 0.15) is 0 Å². The Morgan fingerprint density at radius 3 is 2.63 bits per heavy atom. The summed E-state index contributed by atoms with van der Waals surface area (Å²) in [5.41, 5.74) is 3.42. The average Bonchev–Trinajstić information content (AvgIpc) is 3.05. The highest BCUT2D eigenvalue weighted by molar-refractivity contribution is 5.38. The minimum absolute atomic E-state index is 0.0942. The molecule has 2 N–H and O–H groups in total. The molecule has 0 radical (unpaired) electrons. The molecule has 3 aliphatic carbocycles. The van der Waals surface area contributed by atoms with E-state index in [1.807, 2.05) is 19.9 Å². The summed E-state index contributed by atoms with van der Waals surface area (Å²) in [5, 5.41) is 20.2. The van der Waals surface area contributed by atoms with Crippen molar-refractivity contribution in [1.82, 2.24) is 0 Å². The fourth-order valence-electron chi connectivity index (χ4n) is 6.26. The smallest absolute Gasteiger partial charge is 0.0811 e. The molecule has 0 spiro atoms. The van der Waals surface area contributed by atoms with E-state index in [-0.39, 0.29) is 11.3 Å². The third-order valence-corrected chi connectivity index (χ3v) is 8.28. The molecule has 0 aromatic carbocycles. The first-order valence-electron chi connectivity index (χ1n) is 13.5. The predicted octanol–water partition coefficient (Wildman–Crippen LogP) is 6.61. The van der Waals surface area contributed by atoms with Gasteiger partial charge in [-0.05, 0) is 84.7 Å². The topological polar surface area (TPSA) is 40.5 Å². The molecule has 0 heterocycles. The number of hydrogen-bond acceptors (Lipinski definition) is 2. The van der Waals surface area contributed by atoms with Crippen LogP contribution in [0, 0.1) is 35.0 Å². The number of allylic oxidation sites excluding steroid dienone is 5. The van der Waals surface area contributed by atoms with E-state index in [4.69, 9.17) is 4.11 Å². The molecular weight excluding hydrogens is 368 g/mol. The van der Waals surface area contributed by atoms with Crippen molar-refractivity contribution in [2.45, 2.75) is 91.7 Å². The molecule has 0 bridgehead atoms. The second kappa shape index (κ2) is 9.57. The Morgan fingerprint density at radius 2 is 1.93 bits per heavy atom. The molecular formula is C28H44O2. The van der Waals surface area contributed by atoms with Crippen LogP contribution in [0.1, 0.15) is 83.6 Å². The third-order valence-electron chi connectivity index (χ3n) is 8.28. The van der Waals surface area contributed by atoms with E-state index in [2.05, 4.69) is 38.7 Å². The van der Waals surface area contributed by atoms with E-state index in [1.54, 1.807) is 0 Å². The molecule has 2 nitrogen and oxygen atoms in total. The van der Waals surface area contributed by atoms with E-state index in [1.165, 1.54) is 31.3 Å². The van der Waals surface area contributed by atoms with Crippen molar-refractivity contribution in [3.8, 4) is 0 Å². The number of fused-ring (bicyclic) bond motifs is 1. The van der Waals surface area contributed by atoms with Gasteiger partial charge in [0.15, 0.2) is 0 Å². The molecule has 3 saturated carbocycles. The van der Waals surface area contributed by atoms with Crippen LogP contribution in [0.3, 0.4) is 0 Å². The first-order valence-corrected chi connectivity index (χ1v) is 12.0. The molecule has 0 amide bonds. The van der Waals surface area contributed by atoms with E-state index in [9.17, 15) is 10.2 Å². The molecule has 0 aromatic heterocycles. The van der Waals surface area contributed by atoms with Crippen LogP contribution in [0.2, 0.25) is 0 Å². The monoisotopic (exact) mass is 415 g/mol. The zero-order chi connectivity index (χ0) is 24.6. The normalized spacial score (nSPS) is 41.7. The van der Waals surface area contributed by atoms with Gasteiger partial charge in [-0.25, -0.2) is 0 Å². The lowest BCUT2D eigenvalue weighted by atomic mass is 9.61. The Bertz CT molecular complexity index is 806. The van der Waals surface area contributed by atoms with Crippen molar-refractivity contribution >= 4 is 0 Å². The zero-order valence-electron chi connectivity index (χ0n) is 22.4. The summed E-state index contributed by atoms with van der Waals surface area (Å²) in [7, 11) is 0. The highest BCUT2D eigenvalue weighted by atomic mass is 16.3. The van der Waals surface area contributed by atoms with Crippen LogP contribution in [-0.4, -0.2) is 22.4 Å². The lowest BCUT2D eigenvalue weighted by Crippen LogP contribution is -2.35. The van der Waals surface area contributed by atoms with E-state index < -0.39 is 25.0 Å². The molecule has 168 valence electrons. The molecule has 7 atom stereocenters. The molecule has 30 heavy (non-hydrogen) atoms. The van der Waals surface area contributed by atoms with Gasteiger partial charge >= 0.3 is 0 Å². The Balaban J connectivity index is 1.78. The van der Waals surface area contributed by atoms with Gasteiger partial charge in [-0.1, -0.05) is 71.0 Å². The molecule has 0 aliphatic heterocycles. The quantitative estimate of drug-likeness (QED) is 0.496. The zero-order valence-corrected chi connectivity index (χ0v) is 19.4. The summed E-state index contributed by atoms with van der Waals surface area (Å²) in [6.07, 6.45) is 14.1. The average molecular weight is 416 g/mol. The summed E-state index contributed by atoms with van der Waals surface area (Å²) in [6.45, 7) is 10.8. The van der Waals surface area contributed by atoms with Crippen LogP contribution < -0.4 is 0 Å². The third kappa shape index (κ3) is 4.86. The van der Waals surface area contributed by atoms with Crippen molar-refractivity contribution in [1.29, 1.82) is 0 Å². The first kappa shape index (κ1) is 19.6. The van der Waals surface area contributed by atoms with Crippen LogP contribution in [0.25, 0.3) is 0 Å². The molecule has 2 heteroatoms. The summed E-state index contributed by atoms with van der Waals surface area (Å²) in [4.78, 5) is 0. The molecule has 3 aliphatic rings. The number of aliphatic hydroxyl groups excluding tert-OH is 2. The Kier molecular flexibility index (Phi) is 6.24. The Hall–Kier alpha value is -1.12. The lowest BCUT2D eigenvalue weighted by molar-refractivity contribution is 0.0862. The van der Waals surface area contributed by atoms with Crippen LogP contribution in [-0.2, 0) is 0 Å². The van der Waals surface area contributed by atoms with Gasteiger partial charge in [0.2, 0.25) is 0 Å². The van der Waals surface area contributed by atoms with Crippen molar-refractivity contribution in [3.05, 3.63) is 47.6 Å². The minimum atomic E-state index is -1.95. The molecule has 3 rings (SSSR count). The first-order chi connectivity index (χ1) is 15.3. The number of rotatable bonds is 5. The highest BCUT2D eigenvalue weighted by Crippen LogP contribution is 2.59. The second-order valence-corrected chi connectivity index (χ2v) is 10.7. The fraction of sp³-hybridized carbons (Fsp3) is 0.714. The van der Waals surface area contributed by atoms with Crippen LogP contribution in [0.4, 0.5) is 0 Å². The molecule has 0 aromatic rings. The van der Waals surface area contributed by atoms with Gasteiger partial charge < -0.3 is 10.2 Å². The maximum atomic E-state index is 10.2. The lowest BCUT2D eigenvalue weighted by Gasteiger charge is -2.44. The highest BCUT2D eigenvalue weighted by Gasteiger charge is 2.50. The SMILES string of the molecule is [2H]C([2H])([2H])[C@H](/C=C/[C@@H](C)[C@H]1CC[C@H]2/C(=C/C=C3/C[C@@H](O)C[C@H](O)C3=C)CCC[C@]12C)C(C)C. The van der Waals surface area contributed by atoms with Crippen molar-refractivity contribution in [2.24, 2.45) is 35.0 Å². The molecule has 0 unspecified atom stereocenters. The summed E-state index contributed by atoms with van der Waals surface area (Å²) < 4.78 is 23.7. The maximum absolute atomic E-state index is 10.2. The summed E-state index contributed by atoms with van der Waals surface area (Å²) in [6, 6.07) is 0. The van der Waals surface area contributed by atoms with Gasteiger partial charge in [-0.3, -0.25) is 0 Å². The van der Waals surface area contributed by atoms with Crippen molar-refractivity contribution in [3.63, 3.8) is 0 Å². The summed E-state index contributed by atoms with van der Waals surface area (Å²) >= 11 is 0. The van der Waals surface area contributed by atoms with Crippen molar-refractivity contribution < 1.29 is 14.3 Å². The number of hydrogen-bond donors (Lipinski definition) is 2. The number of aliphatic hydroxyl groups is 2. The van der Waals surface area contributed by atoms with E-state index in [0.29, 0.717) is 30.6 Å². The van der Waals surface area contributed by atoms with Gasteiger partial charge in [0, 0.05) is 10.5 Å². The van der Waals surface area contributed by atoms with Gasteiger partial charge in [-0.2, -0.15) is 0 Å². The Morgan fingerprint density at radius 1 is 1.17 bits per heavy atom. The summed E-state index contributed by atoms with van der Waals surface area (Å²) in [5.74, 6) is 1.14. The largest absolute Gasteiger partial charge is 0.393 e. The van der Waals surface area contributed by atoms with Crippen LogP contribution >= 0.6 is 0 Å². The van der Waals surface area contributed by atoms with E-state index in [0.717, 1.165) is 17.6 Å². The van der Waals surface area contributed by atoms with Crippen molar-refractivity contribution in [2.75, 3.05) is 0 Å². The van der Waals surface area contributed by atoms with Gasteiger partial charge in [0.05, 0.1) is 12.2 Å². The molecule has 0 saturated heterocycles. The van der Waals surface area contributed by atoms with Gasteiger partial charge in [0.25, 0.3) is 0 Å². The predicted molar refractivity (Wildman–Crippen MR) is 127 cm³/mol. The Labute approximate surface area is 189 Å². The van der Waals surface area contributed by atoms with Crippen LogP contribution in [0.15, 0.2) is 47.6 Å². The minimum Gasteiger partial charge on any atom is -0.393 e. The van der Waals surface area contributed by atoms with Gasteiger partial charge in [-0.15, -0.1) is 0 Å². The second-order valence-electron chi connectivity index (χ2n) is 10.7. The fourth-order valence-corrected chi connectivity index (χ4v) is 6.26. The maximum Gasteiger partial charge on any atom is 0.0811 e.